The topological polar surface area (TPSA) is 95.5 Å². The molecule has 1 aliphatic heterocycles. The van der Waals surface area contributed by atoms with Crippen LogP contribution in [0.3, 0.4) is 0 Å². The molecule has 0 aromatic heterocycles. The molecule has 6 nitrogen and oxygen atoms in total. The second kappa shape index (κ2) is 5.75. The monoisotopic (exact) mass is 352 g/mol. The molecule has 0 amide bonds. The highest BCUT2D eigenvalue weighted by Crippen LogP contribution is 2.34. The minimum absolute atomic E-state index is 0.0762. The van der Waals surface area contributed by atoms with Gasteiger partial charge in [-0.3, -0.25) is 4.72 Å². The number of carboxylic acids is 1. The second-order valence-corrected chi connectivity index (χ2v) is 7.26. The van der Waals surface area contributed by atoms with E-state index >= 15 is 0 Å². The molecule has 0 saturated heterocycles. The third-order valence-electron chi connectivity index (χ3n) is 3.56. The molecule has 120 valence electrons. The molecular weight excluding hydrogens is 340 g/mol. The van der Waals surface area contributed by atoms with Crippen molar-refractivity contribution in [1.29, 1.82) is 0 Å². The summed E-state index contributed by atoms with van der Waals surface area (Å²) in [7, 11) is -3.79. The molecule has 1 atom stereocenters. The van der Waals surface area contributed by atoms with E-state index in [4.69, 9.17) is 16.7 Å². The van der Waals surface area contributed by atoms with Crippen molar-refractivity contribution in [1.82, 2.24) is 0 Å². The number of nitrogens with one attached hydrogen (secondary N) is 2. The Balaban J connectivity index is 1.92. The molecule has 0 bridgehead atoms. The molecule has 1 heterocycles. The second-order valence-electron chi connectivity index (χ2n) is 5.14. The van der Waals surface area contributed by atoms with Gasteiger partial charge < -0.3 is 10.4 Å². The van der Waals surface area contributed by atoms with E-state index in [2.05, 4.69) is 10.0 Å². The van der Waals surface area contributed by atoms with Crippen LogP contribution in [0, 0.1) is 0 Å². The van der Waals surface area contributed by atoms with Gasteiger partial charge in [-0.1, -0.05) is 23.7 Å². The molecule has 2 aromatic carbocycles. The summed E-state index contributed by atoms with van der Waals surface area (Å²) in [5.74, 6) is -0.979. The van der Waals surface area contributed by atoms with Gasteiger partial charge in [0.1, 0.15) is 6.04 Å². The van der Waals surface area contributed by atoms with Crippen LogP contribution in [-0.2, 0) is 21.2 Å². The van der Waals surface area contributed by atoms with E-state index < -0.39 is 22.0 Å². The number of sulfonamides is 1. The Bertz CT molecular complexity index is 866. The van der Waals surface area contributed by atoms with Gasteiger partial charge in [0.2, 0.25) is 0 Å². The van der Waals surface area contributed by atoms with E-state index in [9.17, 15) is 13.2 Å². The smallest absolute Gasteiger partial charge is 0.326 e. The van der Waals surface area contributed by atoms with Crippen LogP contribution < -0.4 is 10.0 Å². The van der Waals surface area contributed by atoms with Crippen molar-refractivity contribution >= 4 is 39.0 Å². The molecule has 8 heteroatoms. The van der Waals surface area contributed by atoms with Gasteiger partial charge in [-0.15, -0.1) is 0 Å². The van der Waals surface area contributed by atoms with Crippen LogP contribution >= 0.6 is 11.6 Å². The first-order valence-corrected chi connectivity index (χ1v) is 8.62. The number of hydrogen-bond acceptors (Lipinski definition) is 4. The molecule has 0 saturated carbocycles. The number of fused-ring (bicyclic) bond motifs is 1. The van der Waals surface area contributed by atoms with Crippen molar-refractivity contribution in [2.45, 2.75) is 17.4 Å². The predicted molar refractivity (Wildman–Crippen MR) is 87.5 cm³/mol. The molecule has 0 fully saturated rings. The van der Waals surface area contributed by atoms with Gasteiger partial charge in [-0.25, -0.2) is 13.2 Å². The lowest BCUT2D eigenvalue weighted by atomic mass is 10.1. The van der Waals surface area contributed by atoms with Crippen LogP contribution in [0.2, 0.25) is 5.02 Å². The Hall–Kier alpha value is -2.25. The third-order valence-corrected chi connectivity index (χ3v) is 5.19. The zero-order valence-corrected chi connectivity index (χ0v) is 13.4. The van der Waals surface area contributed by atoms with E-state index in [1.165, 1.54) is 24.3 Å². The van der Waals surface area contributed by atoms with Crippen LogP contribution in [0.4, 0.5) is 11.4 Å². The number of rotatable bonds is 4. The summed E-state index contributed by atoms with van der Waals surface area (Å²) in [5, 5.41) is 12.4. The molecule has 0 spiro atoms. The van der Waals surface area contributed by atoms with Crippen LogP contribution in [-0.4, -0.2) is 25.5 Å². The van der Waals surface area contributed by atoms with Crippen LogP contribution in [0.25, 0.3) is 0 Å². The van der Waals surface area contributed by atoms with Gasteiger partial charge in [0, 0.05) is 11.4 Å². The molecule has 1 unspecified atom stereocenters. The quantitative estimate of drug-likeness (QED) is 0.786. The Morgan fingerprint density at radius 3 is 2.57 bits per heavy atom. The van der Waals surface area contributed by atoms with Gasteiger partial charge in [-0.2, -0.15) is 0 Å². The maximum Gasteiger partial charge on any atom is 0.326 e. The van der Waals surface area contributed by atoms with Crippen LogP contribution in [0.5, 0.6) is 0 Å². The highest BCUT2D eigenvalue weighted by molar-refractivity contribution is 7.92. The highest BCUT2D eigenvalue weighted by Gasteiger charge is 2.29. The minimum Gasteiger partial charge on any atom is -0.480 e. The molecule has 3 N–H and O–H groups in total. The largest absolute Gasteiger partial charge is 0.480 e. The first-order chi connectivity index (χ1) is 10.9. The van der Waals surface area contributed by atoms with E-state index in [0.717, 1.165) is 5.56 Å². The number of para-hydroxylation sites is 1. The van der Waals surface area contributed by atoms with Gasteiger partial charge in [0.25, 0.3) is 10.0 Å². The van der Waals surface area contributed by atoms with E-state index in [0.29, 0.717) is 22.8 Å². The number of hydrogen-bond donors (Lipinski definition) is 3. The van der Waals surface area contributed by atoms with Crippen LogP contribution in [0.15, 0.2) is 47.4 Å². The van der Waals surface area contributed by atoms with E-state index in [-0.39, 0.29) is 4.90 Å². The van der Waals surface area contributed by atoms with E-state index in [1.807, 2.05) is 0 Å². The van der Waals surface area contributed by atoms with Gasteiger partial charge in [0.15, 0.2) is 0 Å². The zero-order chi connectivity index (χ0) is 16.6. The molecule has 1 aliphatic rings. The van der Waals surface area contributed by atoms with Crippen molar-refractivity contribution in [2.75, 3.05) is 10.0 Å². The van der Waals surface area contributed by atoms with Gasteiger partial charge in [-0.05, 0) is 35.9 Å². The number of anilines is 2. The fourth-order valence-corrected chi connectivity index (χ4v) is 3.64. The Morgan fingerprint density at radius 1 is 1.22 bits per heavy atom. The first kappa shape index (κ1) is 15.6. The average molecular weight is 353 g/mol. The lowest BCUT2D eigenvalue weighted by Crippen LogP contribution is -2.26. The summed E-state index contributed by atoms with van der Waals surface area (Å²) in [6.07, 6.45) is 0.307. The van der Waals surface area contributed by atoms with Crippen molar-refractivity contribution < 1.29 is 18.3 Å². The first-order valence-electron chi connectivity index (χ1n) is 6.76. The van der Waals surface area contributed by atoms with Crippen molar-refractivity contribution in [2.24, 2.45) is 0 Å². The molecule has 23 heavy (non-hydrogen) atoms. The molecule has 0 radical (unpaired) electrons. The fraction of sp³-hybridized carbons (Fsp3) is 0.133. The lowest BCUT2D eigenvalue weighted by molar-refractivity contribution is -0.137. The zero-order valence-electron chi connectivity index (χ0n) is 11.8. The SMILES string of the molecule is O=C(O)C1Cc2cccc(NS(=O)(=O)c3ccc(Cl)cc3)c2N1. The summed E-state index contributed by atoms with van der Waals surface area (Å²) in [5.41, 5.74) is 1.58. The van der Waals surface area contributed by atoms with Crippen molar-refractivity contribution in [3.05, 3.63) is 53.1 Å². The van der Waals surface area contributed by atoms with Crippen LogP contribution in [0.1, 0.15) is 5.56 Å². The molecular formula is C15H13ClN2O4S. The number of benzene rings is 2. The Labute approximate surface area is 138 Å². The number of carboxylic acid groups (broad SMARTS) is 1. The van der Waals surface area contributed by atoms with E-state index in [1.54, 1.807) is 18.2 Å². The third kappa shape index (κ3) is 3.11. The summed E-state index contributed by atoms with van der Waals surface area (Å²) >= 11 is 5.76. The molecule has 3 rings (SSSR count). The minimum atomic E-state index is -3.79. The summed E-state index contributed by atoms with van der Waals surface area (Å²) in [6.45, 7) is 0. The number of carbonyl (C=O) groups is 1. The lowest BCUT2D eigenvalue weighted by Gasteiger charge is -2.13. The number of aliphatic carboxylic acids is 1. The summed E-state index contributed by atoms with van der Waals surface area (Å²) in [6, 6.07) is 10.1. The van der Waals surface area contributed by atoms with Crippen molar-refractivity contribution in [3.8, 4) is 0 Å². The normalized spacial score (nSPS) is 16.5. The van der Waals surface area contributed by atoms with Gasteiger partial charge in [0.05, 0.1) is 16.3 Å². The highest BCUT2D eigenvalue weighted by atomic mass is 35.5. The molecule has 2 aromatic rings. The average Bonchev–Trinajstić information content (AvgIpc) is 2.93. The maximum atomic E-state index is 12.4. The maximum absolute atomic E-state index is 12.4. The standard InChI is InChI=1S/C15H13ClN2O4S/c16-10-4-6-11(7-5-10)23(21,22)18-12-3-1-2-9-8-13(15(19)20)17-14(9)12/h1-7,13,17-18H,8H2,(H,19,20). The summed E-state index contributed by atoms with van der Waals surface area (Å²) in [4.78, 5) is 11.2. The summed E-state index contributed by atoms with van der Waals surface area (Å²) < 4.78 is 27.3. The predicted octanol–water partition coefficient (Wildman–Crippen LogP) is 2.56. The Kier molecular flexibility index (Phi) is 3.91. The van der Waals surface area contributed by atoms with Gasteiger partial charge >= 0.3 is 5.97 Å². The fourth-order valence-electron chi connectivity index (χ4n) is 2.44. The Morgan fingerprint density at radius 2 is 1.91 bits per heavy atom. The number of halogens is 1. The van der Waals surface area contributed by atoms with Crippen molar-refractivity contribution in [3.63, 3.8) is 0 Å². The molecule has 0 aliphatic carbocycles.